The first-order chi connectivity index (χ1) is 21.8. The molecular weight excluding hydrogens is 544 g/mol. The van der Waals surface area contributed by atoms with Gasteiger partial charge in [-0.05, 0) is 54.6 Å². The molecule has 0 radical (unpaired) electrons. The van der Waals surface area contributed by atoms with Gasteiger partial charge in [-0.25, -0.2) is 9.67 Å². The molecule has 0 saturated carbocycles. The number of nitrogens with zero attached hydrogens (tertiary/aromatic N) is 6. The smallest absolute Gasteiger partial charge is 0.141 e. The third-order valence-corrected chi connectivity index (χ3v) is 8.15. The van der Waals surface area contributed by atoms with Gasteiger partial charge in [0.25, 0.3) is 0 Å². The molecule has 9 aromatic rings. The number of hydrogen-bond acceptors (Lipinski definition) is 4. The van der Waals surface area contributed by atoms with Crippen molar-refractivity contribution >= 4 is 43.6 Å². The van der Waals surface area contributed by atoms with Crippen LogP contribution >= 0.6 is 0 Å². The van der Waals surface area contributed by atoms with E-state index >= 15 is 0 Å². The van der Waals surface area contributed by atoms with E-state index in [1.54, 1.807) is 0 Å². The number of rotatable bonds is 5. The first-order valence-electron chi connectivity index (χ1n) is 14.4. The highest BCUT2D eigenvalue weighted by Gasteiger charge is 2.17. The van der Waals surface area contributed by atoms with Crippen molar-refractivity contribution < 1.29 is 4.74 Å². The largest absolute Gasteiger partial charge is 0.457 e. The van der Waals surface area contributed by atoms with Crippen molar-refractivity contribution in [1.82, 2.24) is 28.9 Å². The van der Waals surface area contributed by atoms with Crippen molar-refractivity contribution in [3.05, 3.63) is 146 Å². The van der Waals surface area contributed by atoms with Gasteiger partial charge in [-0.15, -0.1) is 0 Å². The predicted octanol–water partition coefficient (Wildman–Crippen LogP) is 8.65. The number of benzene rings is 4. The van der Waals surface area contributed by atoms with Crippen LogP contribution in [0.5, 0.6) is 11.5 Å². The Morgan fingerprint density at radius 1 is 0.500 bits per heavy atom. The third kappa shape index (κ3) is 3.73. The summed E-state index contributed by atoms with van der Waals surface area (Å²) >= 11 is 0. The molecule has 0 aliphatic heterocycles. The van der Waals surface area contributed by atoms with Gasteiger partial charge in [-0.2, -0.15) is 5.10 Å². The molecule has 0 spiro atoms. The Kier molecular flexibility index (Phi) is 5.36. The molecule has 0 fully saturated rings. The molecule has 0 bridgehead atoms. The highest BCUT2D eigenvalue weighted by Crippen LogP contribution is 2.36. The van der Waals surface area contributed by atoms with Crippen LogP contribution in [-0.2, 0) is 0 Å². The summed E-state index contributed by atoms with van der Waals surface area (Å²) < 4.78 is 12.8. The molecule has 0 aliphatic rings. The molecule has 9 rings (SSSR count). The number of hydrogen-bond donors (Lipinski definition) is 0. The molecule has 0 amide bonds. The number of para-hydroxylation sites is 2. The van der Waals surface area contributed by atoms with E-state index < -0.39 is 0 Å². The predicted molar refractivity (Wildman–Crippen MR) is 174 cm³/mol. The minimum Gasteiger partial charge on any atom is -0.457 e. The first-order valence-corrected chi connectivity index (χ1v) is 14.4. The molecular formula is C37H24N6O. The molecule has 44 heavy (non-hydrogen) atoms. The molecule has 0 unspecified atom stereocenters. The van der Waals surface area contributed by atoms with Crippen LogP contribution in [0, 0.1) is 0 Å². The zero-order chi connectivity index (χ0) is 29.0. The normalized spacial score (nSPS) is 11.6. The van der Waals surface area contributed by atoms with Gasteiger partial charge in [-0.3, -0.25) is 14.1 Å². The lowest BCUT2D eigenvalue weighted by atomic mass is 10.1. The maximum atomic E-state index is 6.49. The van der Waals surface area contributed by atoms with Crippen LogP contribution in [0.4, 0.5) is 0 Å². The monoisotopic (exact) mass is 568 g/mol. The molecule has 5 aromatic heterocycles. The van der Waals surface area contributed by atoms with Gasteiger partial charge in [0.1, 0.15) is 23.1 Å². The summed E-state index contributed by atoms with van der Waals surface area (Å²) in [5, 5.41) is 9.37. The van der Waals surface area contributed by atoms with E-state index in [1.165, 1.54) is 10.8 Å². The quantitative estimate of drug-likeness (QED) is 0.208. The van der Waals surface area contributed by atoms with Gasteiger partial charge in [-0.1, -0.05) is 48.5 Å². The van der Waals surface area contributed by atoms with Crippen molar-refractivity contribution in [3.63, 3.8) is 0 Å². The second-order valence-electron chi connectivity index (χ2n) is 10.7. The summed E-state index contributed by atoms with van der Waals surface area (Å²) in [4.78, 5) is 9.08. The van der Waals surface area contributed by atoms with Crippen molar-refractivity contribution in [3.8, 4) is 28.8 Å². The Bertz CT molecular complexity index is 2430. The van der Waals surface area contributed by atoms with E-state index in [2.05, 4.69) is 85.8 Å². The third-order valence-electron chi connectivity index (χ3n) is 8.15. The van der Waals surface area contributed by atoms with Gasteiger partial charge in [0.05, 0.1) is 40.1 Å². The molecule has 208 valence electrons. The molecule has 0 saturated heterocycles. The van der Waals surface area contributed by atoms with Crippen molar-refractivity contribution in [2.45, 2.75) is 0 Å². The molecule has 0 N–H and O–H groups in total. The second-order valence-corrected chi connectivity index (χ2v) is 10.7. The van der Waals surface area contributed by atoms with Crippen LogP contribution < -0.4 is 4.74 Å². The number of fused-ring (bicyclic) bond motifs is 6. The Morgan fingerprint density at radius 3 is 2.09 bits per heavy atom. The maximum Gasteiger partial charge on any atom is 0.141 e. The van der Waals surface area contributed by atoms with Gasteiger partial charge in [0.15, 0.2) is 0 Å². The first kappa shape index (κ1) is 24.4. The minimum absolute atomic E-state index is 0.715. The van der Waals surface area contributed by atoms with E-state index in [0.717, 1.165) is 55.9 Å². The van der Waals surface area contributed by atoms with Crippen LogP contribution in [-0.4, -0.2) is 28.9 Å². The Morgan fingerprint density at radius 2 is 1.25 bits per heavy atom. The summed E-state index contributed by atoms with van der Waals surface area (Å²) in [6, 6.07) is 41.1. The minimum atomic E-state index is 0.715. The highest BCUT2D eigenvalue weighted by molar-refractivity contribution is 6.10. The lowest BCUT2D eigenvalue weighted by molar-refractivity contribution is 0.483. The molecule has 0 aliphatic carbocycles. The lowest BCUT2D eigenvalue weighted by Crippen LogP contribution is -2.05. The van der Waals surface area contributed by atoms with Crippen molar-refractivity contribution in [1.29, 1.82) is 0 Å². The van der Waals surface area contributed by atoms with Gasteiger partial charge >= 0.3 is 0 Å². The fourth-order valence-electron chi connectivity index (χ4n) is 6.29. The molecule has 7 nitrogen and oxygen atoms in total. The summed E-state index contributed by atoms with van der Waals surface area (Å²) in [6.07, 6.45) is 7.39. The maximum absolute atomic E-state index is 6.49. The van der Waals surface area contributed by atoms with Crippen LogP contribution in [0.1, 0.15) is 0 Å². The van der Waals surface area contributed by atoms with E-state index in [-0.39, 0.29) is 0 Å². The van der Waals surface area contributed by atoms with Crippen molar-refractivity contribution in [2.24, 2.45) is 0 Å². The highest BCUT2D eigenvalue weighted by atomic mass is 16.5. The molecule has 7 heteroatoms. The summed E-state index contributed by atoms with van der Waals surface area (Å²) in [7, 11) is 0. The standard InChI is InChI=1S/C37H24N6O/c1-3-12-32-28(10-1)30-16-15-27(23-34(30)41(32)36-14-5-6-19-39-36)44-26-9-7-8-25(22-26)43-37(18-21-40-43)42-33-13-4-2-11-29(33)31-17-20-38-24-35(31)42/h1-24H. The molecule has 4 aromatic carbocycles. The molecule has 0 atom stereocenters. The van der Waals surface area contributed by atoms with Crippen molar-refractivity contribution in [2.75, 3.05) is 0 Å². The van der Waals surface area contributed by atoms with Crippen LogP contribution in [0.15, 0.2) is 146 Å². The van der Waals surface area contributed by atoms with Gasteiger partial charge in [0.2, 0.25) is 0 Å². The van der Waals surface area contributed by atoms with E-state index in [1.807, 2.05) is 84.1 Å². The zero-order valence-electron chi connectivity index (χ0n) is 23.4. The zero-order valence-corrected chi connectivity index (χ0v) is 23.4. The Hall–Kier alpha value is -6.21. The topological polar surface area (TPSA) is 62.7 Å². The molecule has 5 heterocycles. The van der Waals surface area contributed by atoms with Crippen LogP contribution in [0.25, 0.3) is 60.9 Å². The van der Waals surface area contributed by atoms with E-state index in [9.17, 15) is 0 Å². The Labute approximate surface area is 251 Å². The van der Waals surface area contributed by atoms with Crippen LogP contribution in [0.2, 0.25) is 0 Å². The van der Waals surface area contributed by atoms with Crippen LogP contribution in [0.3, 0.4) is 0 Å². The fraction of sp³-hybridized carbons (Fsp3) is 0. The number of ether oxygens (including phenoxy) is 1. The number of pyridine rings is 2. The SMILES string of the molecule is c1ccc(-n2c3ccccc3c3ccc(Oc4cccc(-n5nccc5-n5c6ccccc6c6ccncc65)c4)cc32)nc1. The van der Waals surface area contributed by atoms with Gasteiger partial charge in [0, 0.05) is 52.1 Å². The van der Waals surface area contributed by atoms with E-state index in [0.29, 0.717) is 5.75 Å². The van der Waals surface area contributed by atoms with E-state index in [4.69, 9.17) is 9.84 Å². The summed E-state index contributed by atoms with van der Waals surface area (Å²) in [5.41, 5.74) is 5.15. The average Bonchev–Trinajstić information content (AvgIpc) is 3.78. The average molecular weight is 569 g/mol. The lowest BCUT2D eigenvalue weighted by Gasteiger charge is -2.13. The fourth-order valence-corrected chi connectivity index (χ4v) is 6.29. The Balaban J connectivity index is 1.14. The second kappa shape index (κ2) is 9.68. The summed E-state index contributed by atoms with van der Waals surface area (Å²) in [6.45, 7) is 0. The summed E-state index contributed by atoms with van der Waals surface area (Å²) in [5.74, 6) is 3.24. The van der Waals surface area contributed by atoms with Gasteiger partial charge < -0.3 is 4.74 Å². The number of aromatic nitrogens is 6.